The average molecular weight is 234 g/mol. The van der Waals surface area contributed by atoms with Gasteiger partial charge in [-0.15, -0.1) is 0 Å². The van der Waals surface area contributed by atoms with Crippen LogP contribution in [-0.4, -0.2) is 13.2 Å². The minimum Gasteiger partial charge on any atom is -0.381 e. The molecule has 17 heavy (non-hydrogen) atoms. The molecule has 1 fully saturated rings. The molecule has 0 bridgehead atoms. The van der Waals surface area contributed by atoms with Gasteiger partial charge in [-0.2, -0.15) is 0 Å². The van der Waals surface area contributed by atoms with Crippen molar-refractivity contribution < 1.29 is 4.74 Å². The number of hydrogen-bond donors (Lipinski definition) is 2. The molecule has 0 saturated carbocycles. The summed E-state index contributed by atoms with van der Waals surface area (Å²) in [5, 5.41) is 0. The van der Waals surface area contributed by atoms with E-state index < -0.39 is 0 Å². The number of nitrogens with two attached hydrogens (primary N) is 1. The molecule has 1 heterocycles. The molecule has 1 aromatic carbocycles. The second kappa shape index (κ2) is 5.63. The summed E-state index contributed by atoms with van der Waals surface area (Å²) in [4.78, 5) is 0. The molecule has 2 unspecified atom stereocenters. The van der Waals surface area contributed by atoms with Gasteiger partial charge >= 0.3 is 0 Å². The molecule has 3 nitrogen and oxygen atoms in total. The third-order valence-corrected chi connectivity index (χ3v) is 3.61. The molecular weight excluding hydrogens is 212 g/mol. The first-order valence-corrected chi connectivity index (χ1v) is 6.33. The van der Waals surface area contributed by atoms with Crippen LogP contribution in [0.3, 0.4) is 0 Å². The van der Waals surface area contributed by atoms with Gasteiger partial charge in [0.2, 0.25) is 0 Å². The van der Waals surface area contributed by atoms with Crippen LogP contribution in [0.25, 0.3) is 0 Å². The number of rotatable bonds is 3. The lowest BCUT2D eigenvalue weighted by molar-refractivity contribution is 0.0389. The highest BCUT2D eigenvalue weighted by Crippen LogP contribution is 2.30. The van der Waals surface area contributed by atoms with Crippen LogP contribution in [0, 0.1) is 19.8 Å². The monoisotopic (exact) mass is 234 g/mol. The molecule has 2 atom stereocenters. The Kier molecular flexibility index (Phi) is 4.15. The summed E-state index contributed by atoms with van der Waals surface area (Å²) in [6.07, 6.45) is 2.32. The van der Waals surface area contributed by atoms with Gasteiger partial charge in [-0.1, -0.05) is 23.8 Å². The lowest BCUT2D eigenvalue weighted by Gasteiger charge is -2.31. The molecule has 3 heteroatoms. The van der Waals surface area contributed by atoms with E-state index in [9.17, 15) is 0 Å². The largest absolute Gasteiger partial charge is 0.381 e. The highest BCUT2D eigenvalue weighted by molar-refractivity contribution is 5.33. The second-order valence-corrected chi connectivity index (χ2v) is 4.98. The molecule has 0 spiro atoms. The Bertz CT molecular complexity index is 372. The Morgan fingerprint density at radius 3 is 2.82 bits per heavy atom. The molecule has 1 aliphatic rings. The van der Waals surface area contributed by atoms with Crippen LogP contribution >= 0.6 is 0 Å². The molecule has 1 saturated heterocycles. The smallest absolute Gasteiger partial charge is 0.0513 e. The van der Waals surface area contributed by atoms with Crippen molar-refractivity contribution in [1.29, 1.82) is 0 Å². The van der Waals surface area contributed by atoms with Crippen molar-refractivity contribution in [2.24, 2.45) is 11.8 Å². The zero-order valence-electron chi connectivity index (χ0n) is 10.7. The zero-order valence-corrected chi connectivity index (χ0v) is 10.7. The summed E-state index contributed by atoms with van der Waals surface area (Å²) in [5.41, 5.74) is 6.87. The van der Waals surface area contributed by atoms with Gasteiger partial charge in [0, 0.05) is 12.5 Å². The molecule has 3 N–H and O–H groups in total. The van der Waals surface area contributed by atoms with Gasteiger partial charge in [0.25, 0.3) is 0 Å². The van der Waals surface area contributed by atoms with Gasteiger partial charge in [-0.05, 0) is 37.8 Å². The van der Waals surface area contributed by atoms with E-state index in [4.69, 9.17) is 10.6 Å². The number of aryl methyl sites for hydroxylation is 2. The topological polar surface area (TPSA) is 47.3 Å². The van der Waals surface area contributed by atoms with Crippen molar-refractivity contribution in [1.82, 2.24) is 5.43 Å². The Balaban J connectivity index is 2.21. The van der Waals surface area contributed by atoms with E-state index in [0.717, 1.165) is 19.6 Å². The molecule has 0 radical (unpaired) electrons. The third kappa shape index (κ3) is 2.86. The van der Waals surface area contributed by atoms with E-state index >= 15 is 0 Å². The maximum atomic E-state index is 5.74. The van der Waals surface area contributed by atoms with Gasteiger partial charge in [-0.25, -0.2) is 0 Å². The van der Waals surface area contributed by atoms with Gasteiger partial charge in [-0.3, -0.25) is 11.3 Å². The van der Waals surface area contributed by atoms with Crippen molar-refractivity contribution in [2.75, 3.05) is 13.2 Å². The van der Waals surface area contributed by atoms with Gasteiger partial charge in [0.15, 0.2) is 0 Å². The van der Waals surface area contributed by atoms with Crippen LogP contribution < -0.4 is 11.3 Å². The highest BCUT2D eigenvalue weighted by atomic mass is 16.5. The van der Waals surface area contributed by atoms with E-state index in [1.807, 2.05) is 0 Å². The standard InChI is InChI=1S/C14H22N2O/c1-10-5-6-13(11(2)8-10)14(16-15)12-4-3-7-17-9-12/h5-6,8,12,14,16H,3-4,7,9,15H2,1-2H3. The Morgan fingerprint density at radius 2 is 2.24 bits per heavy atom. The first kappa shape index (κ1) is 12.6. The van der Waals surface area contributed by atoms with Crippen molar-refractivity contribution in [3.63, 3.8) is 0 Å². The highest BCUT2D eigenvalue weighted by Gasteiger charge is 2.25. The molecule has 0 aliphatic carbocycles. The fraction of sp³-hybridized carbons (Fsp3) is 0.571. The molecule has 1 aromatic rings. The summed E-state index contributed by atoms with van der Waals surface area (Å²) in [6.45, 7) is 5.96. The lowest BCUT2D eigenvalue weighted by Crippen LogP contribution is -2.37. The summed E-state index contributed by atoms with van der Waals surface area (Å²) in [7, 11) is 0. The van der Waals surface area contributed by atoms with Crippen LogP contribution in [0.15, 0.2) is 18.2 Å². The van der Waals surface area contributed by atoms with Gasteiger partial charge in [0.1, 0.15) is 0 Å². The second-order valence-electron chi connectivity index (χ2n) is 4.98. The SMILES string of the molecule is Cc1ccc(C(NN)C2CCCOC2)c(C)c1. The Hall–Kier alpha value is -0.900. The number of nitrogens with one attached hydrogen (secondary N) is 1. The van der Waals surface area contributed by atoms with Crippen molar-refractivity contribution in [2.45, 2.75) is 32.7 Å². The van der Waals surface area contributed by atoms with E-state index in [-0.39, 0.29) is 6.04 Å². The van der Waals surface area contributed by atoms with E-state index in [0.29, 0.717) is 5.92 Å². The van der Waals surface area contributed by atoms with Crippen LogP contribution in [0.4, 0.5) is 0 Å². The third-order valence-electron chi connectivity index (χ3n) is 3.61. The first-order valence-electron chi connectivity index (χ1n) is 6.33. The van der Waals surface area contributed by atoms with E-state index in [2.05, 4.69) is 37.5 Å². The fourth-order valence-corrected chi connectivity index (χ4v) is 2.68. The van der Waals surface area contributed by atoms with Crippen molar-refractivity contribution >= 4 is 0 Å². The zero-order chi connectivity index (χ0) is 12.3. The van der Waals surface area contributed by atoms with Crippen LogP contribution in [-0.2, 0) is 4.74 Å². The minimum atomic E-state index is 0.205. The van der Waals surface area contributed by atoms with Crippen LogP contribution in [0.1, 0.15) is 35.6 Å². The van der Waals surface area contributed by atoms with E-state index in [1.165, 1.54) is 23.1 Å². The summed E-state index contributed by atoms with van der Waals surface area (Å²) >= 11 is 0. The fourth-order valence-electron chi connectivity index (χ4n) is 2.68. The minimum absolute atomic E-state index is 0.205. The maximum Gasteiger partial charge on any atom is 0.0513 e. The lowest BCUT2D eigenvalue weighted by atomic mass is 9.87. The molecule has 94 valence electrons. The number of benzene rings is 1. The normalized spacial score (nSPS) is 22.4. The first-order chi connectivity index (χ1) is 8.22. The van der Waals surface area contributed by atoms with Crippen molar-refractivity contribution in [3.8, 4) is 0 Å². The van der Waals surface area contributed by atoms with Gasteiger partial charge < -0.3 is 4.74 Å². The molecule has 1 aliphatic heterocycles. The molecular formula is C14H22N2O. The summed E-state index contributed by atoms with van der Waals surface area (Å²) in [6, 6.07) is 6.75. The predicted molar refractivity (Wildman–Crippen MR) is 69.5 cm³/mol. The molecule has 0 aromatic heterocycles. The van der Waals surface area contributed by atoms with Gasteiger partial charge in [0.05, 0.1) is 12.6 Å². The molecule has 2 rings (SSSR count). The maximum absolute atomic E-state index is 5.74. The Labute approximate surface area is 103 Å². The van der Waals surface area contributed by atoms with E-state index in [1.54, 1.807) is 0 Å². The quantitative estimate of drug-likeness (QED) is 0.623. The molecule has 0 amide bonds. The average Bonchev–Trinajstić information content (AvgIpc) is 2.34. The predicted octanol–water partition coefficient (Wildman–Crippen LogP) is 2.23. The summed E-state index contributed by atoms with van der Waals surface area (Å²) in [5.74, 6) is 6.22. The van der Waals surface area contributed by atoms with Crippen LogP contribution in [0.2, 0.25) is 0 Å². The number of ether oxygens (including phenoxy) is 1. The Morgan fingerprint density at radius 1 is 1.41 bits per heavy atom. The summed E-state index contributed by atoms with van der Waals surface area (Å²) < 4.78 is 5.55. The van der Waals surface area contributed by atoms with Crippen molar-refractivity contribution in [3.05, 3.63) is 34.9 Å². The number of hydrazine groups is 1. The number of hydrogen-bond acceptors (Lipinski definition) is 3. The van der Waals surface area contributed by atoms with Crippen LogP contribution in [0.5, 0.6) is 0 Å².